The summed E-state index contributed by atoms with van der Waals surface area (Å²) >= 11 is 1.37. The number of nitrogens with one attached hydrogen (secondary N) is 2. The minimum atomic E-state index is -0.873. The number of carboxylic acid groups (broad SMARTS) is 1. The number of urea groups is 1. The molecule has 0 unspecified atom stereocenters. The Morgan fingerprint density at radius 2 is 2.10 bits per heavy atom. The van der Waals surface area contributed by atoms with Crippen LogP contribution in [0.15, 0.2) is 5.38 Å². The zero-order valence-electron chi connectivity index (χ0n) is 12.2. The first-order chi connectivity index (χ1) is 9.19. The average Bonchev–Trinajstić information content (AvgIpc) is 2.74. The molecule has 3 N–H and O–H groups in total. The molecule has 0 radical (unpaired) electrons. The maximum Gasteiger partial charge on any atom is 0.321 e. The topological polar surface area (TPSA) is 91.3 Å². The van der Waals surface area contributed by atoms with E-state index < -0.39 is 11.5 Å². The summed E-state index contributed by atoms with van der Waals surface area (Å²) in [5, 5.41) is 16.5. The lowest BCUT2D eigenvalue weighted by molar-refractivity contribution is -0.137. The number of thiazole rings is 1. The van der Waals surface area contributed by atoms with Gasteiger partial charge in [-0.05, 0) is 26.2 Å². The van der Waals surface area contributed by atoms with Crippen molar-refractivity contribution in [3.63, 3.8) is 0 Å². The van der Waals surface area contributed by atoms with Gasteiger partial charge >= 0.3 is 12.0 Å². The molecule has 0 bridgehead atoms. The van der Waals surface area contributed by atoms with E-state index in [0.29, 0.717) is 17.5 Å². The number of aliphatic carboxylic acids is 1. The van der Waals surface area contributed by atoms with Gasteiger partial charge in [-0.25, -0.2) is 9.78 Å². The fourth-order valence-corrected chi connectivity index (χ4v) is 2.39. The molecule has 1 aromatic heterocycles. The molecule has 7 heteroatoms. The molecule has 112 valence electrons. The smallest absolute Gasteiger partial charge is 0.321 e. The maximum absolute atomic E-state index is 11.8. The second-order valence-corrected chi connectivity index (χ2v) is 6.45. The Balaban J connectivity index is 2.51. The fourth-order valence-electron chi connectivity index (χ4n) is 1.53. The minimum absolute atomic E-state index is 0.0159. The van der Waals surface area contributed by atoms with E-state index in [4.69, 9.17) is 5.11 Å². The first-order valence-corrected chi connectivity index (χ1v) is 7.34. The third kappa shape index (κ3) is 5.56. The van der Waals surface area contributed by atoms with Crippen LogP contribution in [0, 0.1) is 0 Å². The molecular weight excluding hydrogens is 278 g/mol. The fraction of sp³-hybridized carbons (Fsp3) is 0.615. The molecule has 0 aliphatic carbocycles. The van der Waals surface area contributed by atoms with E-state index >= 15 is 0 Å². The largest absolute Gasteiger partial charge is 0.481 e. The van der Waals surface area contributed by atoms with E-state index in [9.17, 15) is 9.59 Å². The number of nitrogens with zero attached hydrogens (tertiary/aromatic N) is 1. The summed E-state index contributed by atoms with van der Waals surface area (Å²) in [6.07, 6.45) is 0.382. The van der Waals surface area contributed by atoms with Crippen LogP contribution in [0.3, 0.4) is 0 Å². The number of hydrogen-bond acceptors (Lipinski definition) is 4. The van der Waals surface area contributed by atoms with E-state index in [1.54, 1.807) is 13.8 Å². The summed E-state index contributed by atoms with van der Waals surface area (Å²) in [5.74, 6) is -0.557. The van der Waals surface area contributed by atoms with Crippen molar-refractivity contribution >= 4 is 28.5 Å². The van der Waals surface area contributed by atoms with Gasteiger partial charge in [-0.1, -0.05) is 13.8 Å². The van der Waals surface area contributed by atoms with Crippen LogP contribution in [-0.4, -0.2) is 27.6 Å². The number of hydrogen-bond donors (Lipinski definition) is 3. The maximum atomic E-state index is 11.8. The molecule has 1 aromatic rings. The number of amides is 2. The number of anilines is 1. The van der Waals surface area contributed by atoms with Crippen molar-refractivity contribution in [3.8, 4) is 0 Å². The second-order valence-electron chi connectivity index (χ2n) is 5.59. The lowest BCUT2D eigenvalue weighted by atomic mass is 9.99. The van der Waals surface area contributed by atoms with Crippen LogP contribution < -0.4 is 10.6 Å². The third-order valence-electron chi connectivity index (χ3n) is 2.75. The quantitative estimate of drug-likeness (QED) is 0.753. The van der Waals surface area contributed by atoms with Gasteiger partial charge in [0.05, 0.1) is 5.69 Å². The van der Waals surface area contributed by atoms with E-state index in [2.05, 4.69) is 15.6 Å². The molecule has 0 saturated heterocycles. The highest BCUT2D eigenvalue weighted by molar-refractivity contribution is 7.13. The number of carbonyl (C=O) groups excluding carboxylic acids is 1. The predicted molar refractivity (Wildman–Crippen MR) is 79.3 cm³/mol. The highest BCUT2D eigenvalue weighted by Gasteiger charge is 2.22. The van der Waals surface area contributed by atoms with Gasteiger partial charge in [0.25, 0.3) is 0 Å². The molecule has 0 aromatic carbocycles. The van der Waals surface area contributed by atoms with Gasteiger partial charge in [-0.3, -0.25) is 10.1 Å². The molecule has 20 heavy (non-hydrogen) atoms. The van der Waals surface area contributed by atoms with Crippen LogP contribution >= 0.6 is 11.3 Å². The van der Waals surface area contributed by atoms with Crippen molar-refractivity contribution in [2.24, 2.45) is 0 Å². The molecule has 0 saturated carbocycles. The van der Waals surface area contributed by atoms with E-state index in [-0.39, 0.29) is 12.5 Å². The van der Waals surface area contributed by atoms with E-state index in [1.807, 2.05) is 19.2 Å². The Kier molecular flexibility index (Phi) is 5.50. The molecule has 1 rings (SSSR count). The third-order valence-corrected chi connectivity index (χ3v) is 3.53. The van der Waals surface area contributed by atoms with Crippen LogP contribution in [0.5, 0.6) is 0 Å². The SMILES string of the molecule is CC(C)c1csc(NC(=O)NC(C)(C)CCC(=O)O)n1. The first kappa shape index (κ1) is 16.4. The number of carbonyl (C=O) groups is 2. The van der Waals surface area contributed by atoms with Crippen molar-refractivity contribution in [3.05, 3.63) is 11.1 Å². The van der Waals surface area contributed by atoms with Crippen molar-refractivity contribution in [1.82, 2.24) is 10.3 Å². The van der Waals surface area contributed by atoms with E-state index in [0.717, 1.165) is 5.69 Å². The van der Waals surface area contributed by atoms with Crippen molar-refractivity contribution < 1.29 is 14.7 Å². The van der Waals surface area contributed by atoms with Gasteiger partial charge < -0.3 is 10.4 Å². The molecule has 1 heterocycles. The van der Waals surface area contributed by atoms with Crippen LogP contribution in [0.25, 0.3) is 0 Å². The zero-order valence-corrected chi connectivity index (χ0v) is 13.0. The summed E-state index contributed by atoms with van der Waals surface area (Å²) in [7, 11) is 0. The molecule has 0 aliphatic heterocycles. The second kappa shape index (κ2) is 6.69. The lowest BCUT2D eigenvalue weighted by Crippen LogP contribution is -2.45. The van der Waals surface area contributed by atoms with Crippen molar-refractivity contribution in [1.29, 1.82) is 0 Å². The molecular formula is C13H21N3O3S. The molecule has 0 fully saturated rings. The number of rotatable bonds is 6. The summed E-state index contributed by atoms with van der Waals surface area (Å²) in [6.45, 7) is 7.65. The van der Waals surface area contributed by atoms with Crippen LogP contribution in [0.1, 0.15) is 52.1 Å². The molecule has 0 aliphatic rings. The van der Waals surface area contributed by atoms with Gasteiger partial charge in [-0.15, -0.1) is 11.3 Å². The highest BCUT2D eigenvalue weighted by atomic mass is 32.1. The van der Waals surface area contributed by atoms with Gasteiger partial charge in [0.1, 0.15) is 0 Å². The van der Waals surface area contributed by atoms with Crippen LogP contribution in [-0.2, 0) is 4.79 Å². The zero-order chi connectivity index (χ0) is 15.3. The molecule has 0 spiro atoms. The minimum Gasteiger partial charge on any atom is -0.481 e. The van der Waals surface area contributed by atoms with Gasteiger partial charge in [-0.2, -0.15) is 0 Å². The Morgan fingerprint density at radius 1 is 1.45 bits per heavy atom. The summed E-state index contributed by atoms with van der Waals surface area (Å²) in [6, 6.07) is -0.370. The summed E-state index contributed by atoms with van der Waals surface area (Å²) in [4.78, 5) is 26.7. The first-order valence-electron chi connectivity index (χ1n) is 6.46. The predicted octanol–water partition coefficient (Wildman–Crippen LogP) is 3.03. The number of carboxylic acids is 1. The van der Waals surface area contributed by atoms with E-state index in [1.165, 1.54) is 11.3 Å². The Bertz CT molecular complexity index is 483. The monoisotopic (exact) mass is 299 g/mol. The van der Waals surface area contributed by atoms with Crippen LogP contribution in [0.4, 0.5) is 9.93 Å². The Hall–Kier alpha value is -1.63. The highest BCUT2D eigenvalue weighted by Crippen LogP contribution is 2.21. The van der Waals surface area contributed by atoms with Gasteiger partial charge in [0.15, 0.2) is 5.13 Å². The molecule has 2 amide bonds. The standard InChI is InChI=1S/C13H21N3O3S/c1-8(2)9-7-20-12(14-9)15-11(19)16-13(3,4)6-5-10(17)18/h7-8H,5-6H2,1-4H3,(H,17,18)(H2,14,15,16,19). The van der Waals surface area contributed by atoms with Crippen LogP contribution in [0.2, 0.25) is 0 Å². The summed E-state index contributed by atoms with van der Waals surface area (Å²) < 4.78 is 0. The summed E-state index contributed by atoms with van der Waals surface area (Å²) in [5.41, 5.74) is 0.357. The Labute approximate surface area is 122 Å². The lowest BCUT2D eigenvalue weighted by Gasteiger charge is -2.25. The van der Waals surface area contributed by atoms with Crippen molar-refractivity contribution in [2.45, 2.75) is 52.0 Å². The normalized spacial score (nSPS) is 11.4. The average molecular weight is 299 g/mol. The van der Waals surface area contributed by atoms with Crippen molar-refractivity contribution in [2.75, 3.05) is 5.32 Å². The number of aromatic nitrogens is 1. The Morgan fingerprint density at radius 3 is 2.60 bits per heavy atom. The molecule has 6 nitrogen and oxygen atoms in total. The van der Waals surface area contributed by atoms with Gasteiger partial charge in [0, 0.05) is 17.3 Å². The van der Waals surface area contributed by atoms with Gasteiger partial charge in [0.2, 0.25) is 0 Å². The molecule has 0 atom stereocenters.